The van der Waals surface area contributed by atoms with Crippen molar-refractivity contribution in [2.24, 2.45) is 0 Å². The van der Waals surface area contributed by atoms with Crippen molar-refractivity contribution in [1.29, 1.82) is 0 Å². The van der Waals surface area contributed by atoms with Crippen LogP contribution < -0.4 is 0 Å². The minimum atomic E-state index is -0.175. The molecule has 0 aliphatic rings. The Labute approximate surface area is 105 Å². The number of nitrogens with one attached hydrogen (secondary N) is 2. The fourth-order valence-corrected chi connectivity index (χ4v) is 1.96. The highest BCUT2D eigenvalue weighted by Crippen LogP contribution is 2.12. The average Bonchev–Trinajstić information content (AvgIpc) is 2.57. The Morgan fingerprint density at radius 2 is 2.19 bits per heavy atom. The molecule has 6 heteroatoms. The van der Waals surface area contributed by atoms with E-state index in [4.69, 9.17) is 12.2 Å². The lowest BCUT2D eigenvalue weighted by Crippen LogP contribution is -2.06. The van der Waals surface area contributed by atoms with Crippen LogP contribution in [0.5, 0.6) is 0 Å². The molecular weight excluding hydrogens is 290 g/mol. The van der Waals surface area contributed by atoms with Crippen LogP contribution in [0.25, 0.3) is 0 Å². The van der Waals surface area contributed by atoms with Gasteiger partial charge in [0.15, 0.2) is 4.77 Å². The van der Waals surface area contributed by atoms with Crippen LogP contribution in [0.15, 0.2) is 22.8 Å². The molecule has 0 fully saturated rings. The molecule has 0 bridgehead atoms. The third kappa shape index (κ3) is 2.12. The molecule has 0 saturated heterocycles. The highest BCUT2D eigenvalue weighted by atomic mass is 79.9. The van der Waals surface area contributed by atoms with Gasteiger partial charge in [-0.1, -0.05) is 6.07 Å². The predicted molar refractivity (Wildman–Crippen MR) is 66.1 cm³/mol. The van der Waals surface area contributed by atoms with E-state index in [1.54, 1.807) is 25.1 Å². The van der Waals surface area contributed by atoms with Crippen molar-refractivity contribution >= 4 is 33.9 Å². The molecule has 0 aromatic carbocycles. The number of aryl methyl sites for hydroxylation is 1. The Morgan fingerprint density at radius 3 is 2.75 bits per heavy atom. The summed E-state index contributed by atoms with van der Waals surface area (Å²) in [7, 11) is 0. The molecule has 0 radical (unpaired) electrons. The lowest BCUT2D eigenvalue weighted by Gasteiger charge is -1.99. The van der Waals surface area contributed by atoms with E-state index in [2.05, 4.69) is 30.9 Å². The van der Waals surface area contributed by atoms with E-state index in [0.29, 0.717) is 20.8 Å². The smallest absolute Gasteiger partial charge is 0.229 e. The molecule has 2 N–H and O–H groups in total. The first kappa shape index (κ1) is 11.2. The number of ketones is 1. The fourth-order valence-electron chi connectivity index (χ4n) is 1.36. The van der Waals surface area contributed by atoms with Gasteiger partial charge in [-0.15, -0.1) is 0 Å². The van der Waals surface area contributed by atoms with Crippen molar-refractivity contribution in [2.45, 2.75) is 6.92 Å². The molecule has 0 atom stereocenters. The summed E-state index contributed by atoms with van der Waals surface area (Å²) in [6.07, 6.45) is 0. The summed E-state index contributed by atoms with van der Waals surface area (Å²) in [5.74, 6) is -0.175. The highest BCUT2D eigenvalue weighted by molar-refractivity contribution is 9.10. The monoisotopic (exact) mass is 297 g/mol. The number of nitrogens with zero attached hydrogens (tertiary/aromatic N) is 1. The number of carbonyl (C=O) groups is 1. The largest absolute Gasteiger partial charge is 0.334 e. The third-order valence-electron chi connectivity index (χ3n) is 2.09. The second-order valence-corrected chi connectivity index (χ2v) is 4.47. The summed E-state index contributed by atoms with van der Waals surface area (Å²) < 4.78 is 1.07. The van der Waals surface area contributed by atoms with Gasteiger partial charge in [-0.3, -0.25) is 4.79 Å². The van der Waals surface area contributed by atoms with Gasteiger partial charge in [0.1, 0.15) is 16.0 Å². The normalized spacial score (nSPS) is 10.4. The van der Waals surface area contributed by atoms with Gasteiger partial charge in [0.05, 0.1) is 0 Å². The van der Waals surface area contributed by atoms with Gasteiger partial charge in [-0.05, 0) is 47.2 Å². The molecule has 2 rings (SSSR count). The molecule has 0 aliphatic carbocycles. The van der Waals surface area contributed by atoms with E-state index in [-0.39, 0.29) is 5.78 Å². The van der Waals surface area contributed by atoms with Crippen molar-refractivity contribution in [3.63, 3.8) is 0 Å². The Morgan fingerprint density at radius 1 is 1.44 bits per heavy atom. The third-order valence-corrected chi connectivity index (χ3v) is 2.74. The molecule has 0 saturated carbocycles. The molecule has 82 valence electrons. The highest BCUT2D eigenvalue weighted by Gasteiger charge is 2.15. The first-order valence-corrected chi connectivity index (χ1v) is 5.74. The topological polar surface area (TPSA) is 61.5 Å². The summed E-state index contributed by atoms with van der Waals surface area (Å²) in [5.41, 5.74) is 1.55. The maximum Gasteiger partial charge on any atom is 0.229 e. The molecular formula is C10H8BrN3OS. The average molecular weight is 298 g/mol. The maximum atomic E-state index is 12.1. The van der Waals surface area contributed by atoms with Gasteiger partial charge in [0.25, 0.3) is 0 Å². The minimum absolute atomic E-state index is 0.175. The number of aromatic nitrogens is 3. The van der Waals surface area contributed by atoms with Crippen molar-refractivity contribution in [3.05, 3.63) is 44.7 Å². The first-order chi connectivity index (χ1) is 7.58. The van der Waals surface area contributed by atoms with Crippen LogP contribution in [0.2, 0.25) is 0 Å². The Hall–Kier alpha value is -1.27. The van der Waals surface area contributed by atoms with Crippen LogP contribution >= 0.6 is 28.1 Å². The number of hydrogen-bond donors (Lipinski definition) is 2. The van der Waals surface area contributed by atoms with E-state index in [0.717, 1.165) is 5.69 Å². The van der Waals surface area contributed by atoms with Crippen molar-refractivity contribution in [3.8, 4) is 0 Å². The molecule has 0 spiro atoms. The summed E-state index contributed by atoms with van der Waals surface area (Å²) in [6.45, 7) is 1.79. The molecule has 0 unspecified atom stereocenters. The van der Waals surface area contributed by atoms with E-state index in [1.165, 1.54) is 0 Å². The second kappa shape index (κ2) is 4.31. The van der Waals surface area contributed by atoms with E-state index < -0.39 is 0 Å². The van der Waals surface area contributed by atoms with Crippen LogP contribution in [0, 0.1) is 11.7 Å². The van der Waals surface area contributed by atoms with Gasteiger partial charge in [-0.2, -0.15) is 0 Å². The number of hydrogen-bond acceptors (Lipinski definition) is 3. The van der Waals surface area contributed by atoms with Crippen LogP contribution in [0.4, 0.5) is 0 Å². The van der Waals surface area contributed by atoms with Crippen LogP contribution in [0.3, 0.4) is 0 Å². The zero-order chi connectivity index (χ0) is 11.7. The quantitative estimate of drug-likeness (QED) is 0.509. The van der Waals surface area contributed by atoms with Gasteiger partial charge in [0.2, 0.25) is 5.78 Å². The summed E-state index contributed by atoms with van der Waals surface area (Å²) in [6, 6.07) is 5.19. The van der Waals surface area contributed by atoms with Gasteiger partial charge in [0, 0.05) is 5.69 Å². The Bertz CT molecular complexity index is 602. The van der Waals surface area contributed by atoms with Crippen LogP contribution in [0.1, 0.15) is 21.9 Å². The lowest BCUT2D eigenvalue weighted by atomic mass is 10.2. The van der Waals surface area contributed by atoms with Crippen LogP contribution in [-0.2, 0) is 0 Å². The summed E-state index contributed by atoms with van der Waals surface area (Å²) in [5, 5.41) is 0. The van der Waals surface area contributed by atoms with E-state index >= 15 is 0 Å². The molecule has 2 heterocycles. The number of H-pyrrole nitrogens is 2. The molecule has 0 amide bonds. The van der Waals surface area contributed by atoms with Crippen molar-refractivity contribution in [1.82, 2.24) is 15.0 Å². The van der Waals surface area contributed by atoms with Gasteiger partial charge >= 0.3 is 0 Å². The maximum absolute atomic E-state index is 12.1. The second-order valence-electron chi connectivity index (χ2n) is 3.25. The lowest BCUT2D eigenvalue weighted by molar-refractivity contribution is 0.102. The fraction of sp³-hybridized carbons (Fsp3) is 0.100. The zero-order valence-electron chi connectivity index (χ0n) is 8.37. The van der Waals surface area contributed by atoms with Gasteiger partial charge < -0.3 is 9.97 Å². The molecule has 0 aliphatic heterocycles. The predicted octanol–water partition coefficient (Wildman–Crippen LogP) is 2.77. The molecule has 4 nitrogen and oxygen atoms in total. The minimum Gasteiger partial charge on any atom is -0.334 e. The Balaban J connectivity index is 2.47. The number of carbonyl (C=O) groups excluding carboxylic acids is 1. The molecule has 16 heavy (non-hydrogen) atoms. The van der Waals surface area contributed by atoms with Crippen LogP contribution in [-0.4, -0.2) is 20.7 Å². The number of halogens is 1. The number of pyridine rings is 1. The van der Waals surface area contributed by atoms with E-state index in [1.807, 2.05) is 0 Å². The number of rotatable bonds is 2. The summed E-state index contributed by atoms with van der Waals surface area (Å²) >= 11 is 8.15. The molecule has 2 aromatic rings. The van der Waals surface area contributed by atoms with Crippen molar-refractivity contribution in [2.75, 3.05) is 0 Å². The number of imidazole rings is 1. The van der Waals surface area contributed by atoms with Crippen molar-refractivity contribution < 1.29 is 4.79 Å². The molecule has 2 aromatic heterocycles. The zero-order valence-corrected chi connectivity index (χ0v) is 10.8. The van der Waals surface area contributed by atoms with Gasteiger partial charge in [-0.25, -0.2) is 4.98 Å². The van der Waals surface area contributed by atoms with E-state index in [9.17, 15) is 4.79 Å². The number of aromatic amines is 2. The SMILES string of the molecule is Cc1[nH]c(=S)[nH]c1C(=O)c1cccc(Br)n1. The summed E-state index contributed by atoms with van der Waals surface area (Å²) in [4.78, 5) is 21.8. The Kier molecular flexibility index (Phi) is 3.02. The first-order valence-electron chi connectivity index (χ1n) is 4.54. The standard InChI is InChI=1S/C10H8BrN3OS/c1-5-8(14-10(16)12-5)9(15)6-3-2-4-7(11)13-6/h2-4H,1H3,(H2,12,14,16).